The second kappa shape index (κ2) is 7.56. The lowest BCUT2D eigenvalue weighted by molar-refractivity contribution is -0.139. The lowest BCUT2D eigenvalue weighted by atomic mass is 9.80. The molecule has 0 aliphatic rings. The van der Waals surface area contributed by atoms with Crippen LogP contribution in [0.5, 0.6) is 5.75 Å². The predicted octanol–water partition coefficient (Wildman–Crippen LogP) is 5.60. The van der Waals surface area contributed by atoms with Crippen LogP contribution in [0.25, 0.3) is 10.9 Å². The maximum atomic E-state index is 13.3. The molecule has 0 aliphatic heterocycles. The van der Waals surface area contributed by atoms with Crippen LogP contribution in [0.2, 0.25) is 5.02 Å². The van der Waals surface area contributed by atoms with Crippen LogP contribution in [0.3, 0.4) is 0 Å². The van der Waals surface area contributed by atoms with Crippen LogP contribution in [0.4, 0.5) is 0 Å². The number of rotatable bonds is 4. The van der Waals surface area contributed by atoms with E-state index >= 15 is 0 Å². The number of hydrogen-bond acceptors (Lipinski definition) is 3. The molecule has 1 aromatic heterocycles. The first-order valence-electron chi connectivity index (χ1n) is 9.36. The number of phenols is 1. The minimum Gasteiger partial charge on any atom is -0.508 e. The number of carboxylic acid groups (broad SMARTS) is 1. The van der Waals surface area contributed by atoms with E-state index in [-0.39, 0.29) is 17.1 Å². The Bertz CT molecular complexity index is 1110. The molecule has 0 amide bonds. The molecule has 3 rings (SSSR count). The van der Waals surface area contributed by atoms with E-state index in [1.807, 2.05) is 20.8 Å². The van der Waals surface area contributed by atoms with E-state index in [1.54, 1.807) is 37.3 Å². The fourth-order valence-electron chi connectivity index (χ4n) is 3.81. The van der Waals surface area contributed by atoms with Gasteiger partial charge >= 0.3 is 5.97 Å². The minimum absolute atomic E-state index is 0.0194. The predicted molar refractivity (Wildman–Crippen MR) is 114 cm³/mol. The molecule has 1 atom stereocenters. The smallest absolute Gasteiger partial charge is 0.311 e. The van der Waals surface area contributed by atoms with Gasteiger partial charge < -0.3 is 10.2 Å². The normalized spacial score (nSPS) is 12.9. The maximum Gasteiger partial charge on any atom is 0.311 e. The standard InChI is InChI=1S/C23H24ClNO4/c1-13-20(18(22(28)29)12-23(2,3)4)17-11-16(26)8-9-19(17)25(13)21(27)14-6-5-7-15(24)10-14/h5-11,18,26H,12H2,1-4H3,(H,28,29)/t18-/m0/s1. The van der Waals surface area contributed by atoms with Crippen molar-refractivity contribution in [2.24, 2.45) is 5.41 Å². The highest BCUT2D eigenvalue weighted by molar-refractivity contribution is 6.31. The van der Waals surface area contributed by atoms with Crippen LogP contribution >= 0.6 is 11.6 Å². The first-order chi connectivity index (χ1) is 13.5. The monoisotopic (exact) mass is 413 g/mol. The highest BCUT2D eigenvalue weighted by Crippen LogP contribution is 2.39. The van der Waals surface area contributed by atoms with E-state index < -0.39 is 11.9 Å². The third-order valence-electron chi connectivity index (χ3n) is 4.97. The fraction of sp³-hybridized carbons (Fsp3) is 0.304. The van der Waals surface area contributed by atoms with Crippen molar-refractivity contribution in [2.75, 3.05) is 0 Å². The molecule has 152 valence electrons. The van der Waals surface area contributed by atoms with E-state index in [0.29, 0.717) is 39.2 Å². The molecule has 0 spiro atoms. The molecule has 0 bridgehead atoms. The molecule has 3 aromatic rings. The number of carbonyl (C=O) groups is 2. The van der Waals surface area contributed by atoms with Crippen LogP contribution in [0.15, 0.2) is 42.5 Å². The second-order valence-electron chi connectivity index (χ2n) is 8.51. The molecule has 2 N–H and O–H groups in total. The minimum atomic E-state index is -0.958. The molecule has 6 heteroatoms. The highest BCUT2D eigenvalue weighted by Gasteiger charge is 2.32. The van der Waals surface area contributed by atoms with Gasteiger partial charge in [0.25, 0.3) is 5.91 Å². The van der Waals surface area contributed by atoms with Gasteiger partial charge in [0.2, 0.25) is 0 Å². The Kier molecular flexibility index (Phi) is 5.46. The summed E-state index contributed by atoms with van der Waals surface area (Å²) in [5.41, 5.74) is 1.82. The Morgan fingerprint density at radius 3 is 2.41 bits per heavy atom. The van der Waals surface area contributed by atoms with Crippen LogP contribution in [-0.2, 0) is 4.79 Å². The first-order valence-corrected chi connectivity index (χ1v) is 9.74. The molecule has 0 fully saturated rings. The van der Waals surface area contributed by atoms with Gasteiger partial charge in [-0.15, -0.1) is 0 Å². The van der Waals surface area contributed by atoms with Crippen LogP contribution in [-0.4, -0.2) is 26.7 Å². The number of fused-ring (bicyclic) bond motifs is 1. The zero-order chi connectivity index (χ0) is 21.5. The van der Waals surface area contributed by atoms with E-state index in [0.717, 1.165) is 0 Å². The van der Waals surface area contributed by atoms with Gasteiger partial charge in [-0.2, -0.15) is 0 Å². The molecule has 1 heterocycles. The maximum absolute atomic E-state index is 13.3. The van der Waals surface area contributed by atoms with Crippen molar-refractivity contribution in [1.29, 1.82) is 0 Å². The van der Waals surface area contributed by atoms with Gasteiger partial charge in [-0.05, 0) is 60.7 Å². The summed E-state index contributed by atoms with van der Waals surface area (Å²) < 4.78 is 1.51. The Labute approximate surface area is 174 Å². The van der Waals surface area contributed by atoms with Crippen molar-refractivity contribution in [3.8, 4) is 5.75 Å². The number of carboxylic acids is 1. The summed E-state index contributed by atoms with van der Waals surface area (Å²) >= 11 is 6.05. The van der Waals surface area contributed by atoms with Gasteiger partial charge in [-0.3, -0.25) is 14.2 Å². The van der Waals surface area contributed by atoms with Gasteiger partial charge in [0.1, 0.15) is 5.75 Å². The van der Waals surface area contributed by atoms with Crippen molar-refractivity contribution in [3.63, 3.8) is 0 Å². The molecule has 0 saturated carbocycles. The summed E-state index contributed by atoms with van der Waals surface area (Å²) in [5.74, 6) is -2.05. The molecule has 29 heavy (non-hydrogen) atoms. The number of benzene rings is 2. The van der Waals surface area contributed by atoms with Crippen LogP contribution in [0, 0.1) is 12.3 Å². The van der Waals surface area contributed by atoms with Gasteiger partial charge in [0.15, 0.2) is 0 Å². The summed E-state index contributed by atoms with van der Waals surface area (Å²) in [6, 6.07) is 11.3. The molecule has 0 radical (unpaired) electrons. The molecular weight excluding hydrogens is 390 g/mol. The third kappa shape index (κ3) is 4.15. The number of aromatic nitrogens is 1. The number of carbonyl (C=O) groups excluding carboxylic acids is 1. The number of hydrogen-bond donors (Lipinski definition) is 2. The molecular formula is C23H24ClNO4. The molecule has 0 saturated heterocycles. The number of halogens is 1. The summed E-state index contributed by atoms with van der Waals surface area (Å²) in [6.07, 6.45) is 0.392. The van der Waals surface area contributed by atoms with E-state index in [1.165, 1.54) is 16.7 Å². The number of aliphatic carboxylic acids is 1. The van der Waals surface area contributed by atoms with Crippen molar-refractivity contribution in [2.45, 2.75) is 40.0 Å². The van der Waals surface area contributed by atoms with E-state index in [9.17, 15) is 19.8 Å². The fourth-order valence-corrected chi connectivity index (χ4v) is 4.00. The van der Waals surface area contributed by atoms with Crippen molar-refractivity contribution >= 4 is 34.4 Å². The zero-order valence-corrected chi connectivity index (χ0v) is 17.6. The van der Waals surface area contributed by atoms with Crippen LogP contribution in [0.1, 0.15) is 54.7 Å². The Balaban J connectivity index is 2.29. The molecule has 0 unspecified atom stereocenters. The van der Waals surface area contributed by atoms with E-state index in [2.05, 4.69) is 0 Å². The van der Waals surface area contributed by atoms with E-state index in [4.69, 9.17) is 11.6 Å². The number of phenolic OH excluding ortho intramolecular Hbond substituents is 1. The summed E-state index contributed by atoms with van der Waals surface area (Å²) in [7, 11) is 0. The average Bonchev–Trinajstić information content (AvgIpc) is 2.89. The average molecular weight is 414 g/mol. The van der Waals surface area contributed by atoms with Gasteiger partial charge in [0.05, 0.1) is 11.4 Å². The molecule has 0 aliphatic carbocycles. The summed E-state index contributed by atoms with van der Waals surface area (Å²) in [5, 5.41) is 21.0. The van der Waals surface area contributed by atoms with Crippen molar-refractivity contribution < 1.29 is 19.8 Å². The third-order valence-corrected chi connectivity index (χ3v) is 5.21. The number of nitrogens with zero attached hydrogens (tertiary/aromatic N) is 1. The lowest BCUT2D eigenvalue weighted by Gasteiger charge is -2.24. The quantitative estimate of drug-likeness (QED) is 0.583. The molecule has 5 nitrogen and oxygen atoms in total. The Morgan fingerprint density at radius 2 is 1.83 bits per heavy atom. The summed E-state index contributed by atoms with van der Waals surface area (Å²) in [4.78, 5) is 25.5. The number of aromatic hydroxyl groups is 1. The Morgan fingerprint density at radius 1 is 1.14 bits per heavy atom. The topological polar surface area (TPSA) is 79.5 Å². The van der Waals surface area contributed by atoms with Gasteiger partial charge in [0, 0.05) is 21.7 Å². The highest BCUT2D eigenvalue weighted by atomic mass is 35.5. The lowest BCUT2D eigenvalue weighted by Crippen LogP contribution is -2.20. The largest absolute Gasteiger partial charge is 0.508 e. The van der Waals surface area contributed by atoms with Crippen LogP contribution < -0.4 is 0 Å². The van der Waals surface area contributed by atoms with Crippen molar-refractivity contribution in [3.05, 3.63) is 64.3 Å². The van der Waals surface area contributed by atoms with Gasteiger partial charge in [-0.25, -0.2) is 0 Å². The summed E-state index contributed by atoms with van der Waals surface area (Å²) in [6.45, 7) is 7.68. The first kappa shape index (κ1) is 20.9. The Hall–Kier alpha value is -2.79. The molecule has 2 aromatic carbocycles. The zero-order valence-electron chi connectivity index (χ0n) is 16.9. The second-order valence-corrected chi connectivity index (χ2v) is 8.94. The SMILES string of the molecule is Cc1c([C@H](CC(C)(C)C)C(=O)O)c2cc(O)ccc2n1C(=O)c1cccc(Cl)c1. The van der Waals surface area contributed by atoms with Gasteiger partial charge in [-0.1, -0.05) is 38.4 Å². The van der Waals surface area contributed by atoms with Crippen molar-refractivity contribution in [1.82, 2.24) is 4.57 Å².